The van der Waals surface area contributed by atoms with E-state index in [0.717, 1.165) is 0 Å². The second-order valence-electron chi connectivity index (χ2n) is 5.07. The van der Waals surface area contributed by atoms with Gasteiger partial charge in [0, 0.05) is 5.56 Å². The van der Waals surface area contributed by atoms with E-state index in [1.807, 2.05) is 0 Å². The van der Waals surface area contributed by atoms with Crippen LogP contribution in [0.3, 0.4) is 0 Å². The van der Waals surface area contributed by atoms with Crippen molar-refractivity contribution < 1.29 is 14.6 Å². The fourth-order valence-corrected chi connectivity index (χ4v) is 2.20. The Morgan fingerprint density at radius 1 is 0.840 bits per heavy atom. The van der Waals surface area contributed by atoms with Crippen molar-refractivity contribution in [3.8, 4) is 40.0 Å². The fraction of sp³-hybridized carbons (Fsp3) is 0.118. The predicted octanol–water partition coefficient (Wildman–Crippen LogP) is 2.21. The van der Waals surface area contributed by atoms with E-state index in [1.54, 1.807) is 25.3 Å². The molecule has 0 atom stereocenters. The zero-order valence-corrected chi connectivity index (χ0v) is 13.7. The van der Waals surface area contributed by atoms with Gasteiger partial charge in [-0.3, -0.25) is 5.43 Å². The molecule has 0 fully saturated rings. The summed E-state index contributed by atoms with van der Waals surface area (Å²) in [5.41, 5.74) is 5.73. The van der Waals surface area contributed by atoms with Gasteiger partial charge in [-0.05, 0) is 29.3 Å². The Morgan fingerprint density at radius 2 is 1.44 bits per heavy atom. The number of nitrogens with two attached hydrogens (primary N) is 1. The third-order valence-electron chi connectivity index (χ3n) is 3.61. The zero-order valence-electron chi connectivity index (χ0n) is 13.7. The van der Waals surface area contributed by atoms with Gasteiger partial charge in [0.25, 0.3) is 0 Å². The van der Waals surface area contributed by atoms with Crippen LogP contribution in [-0.4, -0.2) is 34.3 Å². The van der Waals surface area contributed by atoms with E-state index >= 15 is 0 Å². The molecule has 1 aromatic carbocycles. The van der Waals surface area contributed by atoms with E-state index in [2.05, 4.69) is 44.6 Å². The van der Waals surface area contributed by atoms with Crippen LogP contribution in [0.4, 0.5) is 5.95 Å². The monoisotopic (exact) mass is 339 g/mol. The molecular formula is C17H17N5O3. The van der Waals surface area contributed by atoms with Gasteiger partial charge in [-0.15, -0.1) is 0 Å². The van der Waals surface area contributed by atoms with Crippen LogP contribution >= 0.6 is 0 Å². The van der Waals surface area contributed by atoms with Crippen LogP contribution in [0.25, 0.3) is 22.5 Å². The maximum atomic E-state index is 9.40. The standard InChI is InChI=1S/C11H13N5O3.C6H4/c1-18-7-4-3-6(5-8(7)19-2)9-13-10(16-12)15-11(17)14-9;1-2-6-4-3-5(1)6/h3-5H,12H2,1-2H3,(H2,13,14,15,16,17);1-4H. The number of ether oxygens (including phenoxy) is 2. The molecule has 2 aliphatic carbocycles. The third-order valence-corrected chi connectivity index (χ3v) is 3.61. The van der Waals surface area contributed by atoms with Crippen LogP contribution in [0.1, 0.15) is 0 Å². The lowest BCUT2D eigenvalue weighted by Crippen LogP contribution is -2.11. The van der Waals surface area contributed by atoms with E-state index < -0.39 is 6.01 Å². The predicted molar refractivity (Wildman–Crippen MR) is 93.3 cm³/mol. The minimum absolute atomic E-state index is 0.0669. The number of fused-ring (bicyclic) bond motifs is 1. The number of rotatable bonds is 4. The van der Waals surface area contributed by atoms with Crippen LogP contribution < -0.4 is 20.7 Å². The van der Waals surface area contributed by atoms with Gasteiger partial charge in [-0.2, -0.15) is 15.0 Å². The summed E-state index contributed by atoms with van der Waals surface area (Å²) in [5.74, 6) is 6.66. The highest BCUT2D eigenvalue weighted by atomic mass is 16.5. The molecule has 0 amide bonds. The lowest BCUT2D eigenvalue weighted by atomic mass is 9.95. The first kappa shape index (κ1) is 16.5. The highest BCUT2D eigenvalue weighted by Crippen LogP contribution is 2.31. The molecule has 0 unspecified atom stereocenters. The Kier molecular flexibility index (Phi) is 4.62. The number of methoxy groups -OCH3 is 2. The SMILES string of the molecule is COc1ccc(-c2nc(O)nc(NN)n2)cc1OC.c1cc2ccc1-2. The zero-order chi connectivity index (χ0) is 17.8. The lowest BCUT2D eigenvalue weighted by molar-refractivity contribution is 0.355. The average molecular weight is 339 g/mol. The van der Waals surface area contributed by atoms with E-state index in [-0.39, 0.29) is 11.8 Å². The molecule has 2 aliphatic rings. The Balaban J connectivity index is 0.000000250. The molecule has 4 N–H and O–H groups in total. The first-order valence-corrected chi connectivity index (χ1v) is 7.39. The number of nitrogens with zero attached hydrogens (tertiary/aromatic N) is 3. The number of nitrogens with one attached hydrogen (secondary N) is 1. The van der Waals surface area contributed by atoms with Crippen molar-refractivity contribution in [2.24, 2.45) is 5.84 Å². The summed E-state index contributed by atoms with van der Waals surface area (Å²) in [6.45, 7) is 0. The van der Waals surface area contributed by atoms with Crippen molar-refractivity contribution in [1.29, 1.82) is 0 Å². The topological polar surface area (TPSA) is 115 Å². The number of hydrogen-bond donors (Lipinski definition) is 3. The minimum Gasteiger partial charge on any atom is -0.493 e. The van der Waals surface area contributed by atoms with Crippen LogP contribution in [0.5, 0.6) is 17.5 Å². The molecule has 0 radical (unpaired) electrons. The Labute approximate surface area is 144 Å². The van der Waals surface area contributed by atoms with Crippen molar-refractivity contribution in [2.45, 2.75) is 0 Å². The summed E-state index contributed by atoms with van der Waals surface area (Å²) in [5, 5.41) is 9.40. The van der Waals surface area contributed by atoms with Crippen LogP contribution in [0.2, 0.25) is 0 Å². The molecule has 0 saturated heterocycles. The Morgan fingerprint density at radius 3 is 1.92 bits per heavy atom. The second-order valence-corrected chi connectivity index (χ2v) is 5.07. The number of hydrogen-bond acceptors (Lipinski definition) is 8. The van der Waals surface area contributed by atoms with Gasteiger partial charge in [0.1, 0.15) is 0 Å². The van der Waals surface area contributed by atoms with Gasteiger partial charge < -0.3 is 14.6 Å². The maximum absolute atomic E-state index is 9.40. The van der Waals surface area contributed by atoms with Gasteiger partial charge in [-0.25, -0.2) is 5.84 Å². The molecular weight excluding hydrogens is 322 g/mol. The van der Waals surface area contributed by atoms with Gasteiger partial charge >= 0.3 is 6.01 Å². The normalized spacial score (nSPS) is 10.4. The smallest absolute Gasteiger partial charge is 0.319 e. The molecule has 2 aromatic rings. The highest BCUT2D eigenvalue weighted by Gasteiger charge is 2.11. The quantitative estimate of drug-likeness (QED) is 0.383. The third kappa shape index (κ3) is 3.43. The summed E-state index contributed by atoms with van der Waals surface area (Å²) >= 11 is 0. The summed E-state index contributed by atoms with van der Waals surface area (Å²) < 4.78 is 10.3. The molecule has 8 heteroatoms. The van der Waals surface area contributed by atoms with Crippen LogP contribution in [-0.2, 0) is 0 Å². The summed E-state index contributed by atoms with van der Waals surface area (Å²) in [6, 6.07) is 13.2. The van der Waals surface area contributed by atoms with E-state index in [4.69, 9.17) is 15.3 Å². The molecule has 0 aliphatic heterocycles. The van der Waals surface area contributed by atoms with Gasteiger partial charge in [-0.1, -0.05) is 24.3 Å². The number of aromatic nitrogens is 3. The minimum atomic E-state index is -0.423. The van der Waals surface area contributed by atoms with Crippen molar-refractivity contribution in [3.05, 3.63) is 42.5 Å². The highest BCUT2D eigenvalue weighted by molar-refractivity contribution is 5.75. The molecule has 25 heavy (non-hydrogen) atoms. The Bertz CT molecular complexity index is 863. The first-order valence-electron chi connectivity index (χ1n) is 7.39. The summed E-state index contributed by atoms with van der Waals surface area (Å²) in [4.78, 5) is 11.5. The van der Waals surface area contributed by atoms with Crippen molar-refractivity contribution in [1.82, 2.24) is 15.0 Å². The van der Waals surface area contributed by atoms with E-state index in [1.165, 1.54) is 18.2 Å². The number of benzene rings is 2. The van der Waals surface area contributed by atoms with Crippen molar-refractivity contribution >= 4 is 5.95 Å². The van der Waals surface area contributed by atoms with Gasteiger partial charge in [0.2, 0.25) is 5.95 Å². The van der Waals surface area contributed by atoms with Crippen LogP contribution in [0.15, 0.2) is 42.5 Å². The summed E-state index contributed by atoms with van der Waals surface area (Å²) in [7, 11) is 3.07. The number of hydrazine groups is 1. The first-order chi connectivity index (χ1) is 12.1. The van der Waals surface area contributed by atoms with Crippen molar-refractivity contribution in [2.75, 3.05) is 19.6 Å². The molecule has 0 bridgehead atoms. The number of nitrogen functional groups attached to an aromatic ring is 1. The van der Waals surface area contributed by atoms with Gasteiger partial charge in [0.15, 0.2) is 17.3 Å². The van der Waals surface area contributed by atoms with Crippen molar-refractivity contribution in [3.63, 3.8) is 0 Å². The lowest BCUT2D eigenvalue weighted by Gasteiger charge is -2.10. The number of aromatic hydroxyl groups is 1. The largest absolute Gasteiger partial charge is 0.493 e. The maximum Gasteiger partial charge on any atom is 0.319 e. The average Bonchev–Trinajstić information content (AvgIpc) is 2.63. The molecule has 4 rings (SSSR count). The molecule has 1 heterocycles. The molecule has 0 spiro atoms. The van der Waals surface area contributed by atoms with Crippen LogP contribution in [0, 0.1) is 0 Å². The molecule has 1 aromatic heterocycles. The molecule has 8 nitrogen and oxygen atoms in total. The fourth-order valence-electron chi connectivity index (χ4n) is 2.20. The number of anilines is 1. The second kappa shape index (κ2) is 7.02. The summed E-state index contributed by atoms with van der Waals surface area (Å²) in [6.07, 6.45) is 0. The van der Waals surface area contributed by atoms with E-state index in [0.29, 0.717) is 17.1 Å². The van der Waals surface area contributed by atoms with Gasteiger partial charge in [0.05, 0.1) is 14.2 Å². The molecule has 128 valence electrons. The van der Waals surface area contributed by atoms with E-state index in [9.17, 15) is 5.11 Å². The Hall–Kier alpha value is -3.39. The molecule has 0 saturated carbocycles.